The van der Waals surface area contributed by atoms with Gasteiger partial charge in [-0.15, -0.1) is 0 Å². The monoisotopic (exact) mass is 492 g/mol. The second-order valence-corrected chi connectivity index (χ2v) is 9.45. The number of esters is 1. The Morgan fingerprint density at radius 3 is 2.54 bits per heavy atom. The molecule has 0 spiro atoms. The van der Waals surface area contributed by atoms with Crippen LogP contribution in [0.4, 0.5) is 4.79 Å². The van der Waals surface area contributed by atoms with Crippen molar-refractivity contribution in [2.45, 2.75) is 46.6 Å². The zero-order valence-corrected chi connectivity index (χ0v) is 21.1. The van der Waals surface area contributed by atoms with Crippen molar-refractivity contribution in [2.24, 2.45) is 0 Å². The summed E-state index contributed by atoms with van der Waals surface area (Å²) in [5.74, 6) is -0.650. The summed E-state index contributed by atoms with van der Waals surface area (Å²) in [6.45, 7) is 6.17. The molecule has 0 atom stereocenters. The molecule has 0 bridgehead atoms. The highest BCUT2D eigenvalue weighted by Gasteiger charge is 2.36. The molecule has 1 aromatic carbocycles. The van der Waals surface area contributed by atoms with Gasteiger partial charge in [0.05, 0.1) is 18.6 Å². The Kier molecular flexibility index (Phi) is 7.31. The highest BCUT2D eigenvalue weighted by molar-refractivity contribution is 8.18. The lowest BCUT2D eigenvalue weighted by atomic mass is 10.1. The van der Waals surface area contributed by atoms with Gasteiger partial charge in [0.2, 0.25) is 5.76 Å². The maximum absolute atomic E-state index is 13.0. The molecule has 2 amide bonds. The zero-order chi connectivity index (χ0) is 25.1. The smallest absolute Gasteiger partial charge is 0.373 e. The summed E-state index contributed by atoms with van der Waals surface area (Å²) in [5.41, 5.74) is 5.30. The normalized spacial score (nSPS) is 14.9. The van der Waals surface area contributed by atoms with Crippen molar-refractivity contribution in [3.63, 3.8) is 0 Å². The number of thioether (sulfide) groups is 1. The molecule has 2 aromatic heterocycles. The highest BCUT2D eigenvalue weighted by Crippen LogP contribution is 2.35. The minimum absolute atomic E-state index is 0.0239. The van der Waals surface area contributed by atoms with Gasteiger partial charge in [0.15, 0.2) is 0 Å². The molecule has 35 heavy (non-hydrogen) atoms. The molecule has 0 aliphatic carbocycles. The van der Waals surface area contributed by atoms with Crippen molar-refractivity contribution in [3.05, 3.63) is 81.4 Å². The van der Waals surface area contributed by atoms with Crippen LogP contribution in [0.15, 0.2) is 51.8 Å². The summed E-state index contributed by atoms with van der Waals surface area (Å²) in [5, 5.41) is -0.381. The van der Waals surface area contributed by atoms with E-state index in [0.29, 0.717) is 10.7 Å². The maximum Gasteiger partial charge on any atom is 0.373 e. The Labute approximate surface area is 208 Å². The van der Waals surface area contributed by atoms with E-state index in [0.717, 1.165) is 45.7 Å². The third kappa shape index (κ3) is 5.12. The van der Waals surface area contributed by atoms with Crippen LogP contribution >= 0.6 is 11.8 Å². The molecule has 182 valence electrons. The number of nitrogens with zero attached hydrogens (tertiary/aromatic N) is 2. The lowest BCUT2D eigenvalue weighted by molar-refractivity contribution is -0.123. The van der Waals surface area contributed by atoms with Crippen molar-refractivity contribution < 1.29 is 23.5 Å². The minimum atomic E-state index is -0.615. The average molecular weight is 493 g/mol. The van der Waals surface area contributed by atoms with E-state index in [1.807, 2.05) is 19.9 Å². The fourth-order valence-electron chi connectivity index (χ4n) is 4.13. The molecule has 1 aliphatic heterocycles. The molecule has 7 nitrogen and oxygen atoms in total. The van der Waals surface area contributed by atoms with E-state index in [1.165, 1.54) is 31.6 Å². The van der Waals surface area contributed by atoms with Crippen LogP contribution in [0.3, 0.4) is 0 Å². The Balaban J connectivity index is 1.54. The predicted molar refractivity (Wildman–Crippen MR) is 135 cm³/mol. The van der Waals surface area contributed by atoms with Gasteiger partial charge < -0.3 is 13.7 Å². The molecular weight excluding hydrogens is 464 g/mol. The van der Waals surface area contributed by atoms with Crippen molar-refractivity contribution in [1.29, 1.82) is 0 Å². The van der Waals surface area contributed by atoms with Crippen LogP contribution in [0.2, 0.25) is 0 Å². The summed E-state index contributed by atoms with van der Waals surface area (Å²) in [7, 11) is 1.26. The standard InChI is InChI=1S/C27H28N2O5S/c1-5-6-7-19-8-10-21(11-9-19)29-17(2)14-20(18(29)3)15-24-25(30)28(27(32)35-24)16-22-12-13-23(34-22)26(31)33-4/h8-15H,5-7,16H2,1-4H3. The van der Waals surface area contributed by atoms with Gasteiger partial charge in [-0.1, -0.05) is 25.5 Å². The molecular formula is C27H28N2O5S. The second-order valence-electron chi connectivity index (χ2n) is 8.46. The third-order valence-corrected chi connectivity index (χ3v) is 6.91. The summed E-state index contributed by atoms with van der Waals surface area (Å²) >= 11 is 0.899. The van der Waals surface area contributed by atoms with Gasteiger partial charge in [-0.2, -0.15) is 0 Å². The van der Waals surface area contributed by atoms with E-state index in [1.54, 1.807) is 12.1 Å². The summed E-state index contributed by atoms with van der Waals surface area (Å²) in [6.07, 6.45) is 5.18. The highest BCUT2D eigenvalue weighted by atomic mass is 32.2. The first kappa shape index (κ1) is 24.6. The number of carbonyl (C=O) groups excluding carboxylic acids is 3. The molecule has 4 rings (SSSR count). The van der Waals surface area contributed by atoms with Crippen LogP contribution in [0.5, 0.6) is 0 Å². The molecule has 8 heteroatoms. The summed E-state index contributed by atoms with van der Waals surface area (Å²) < 4.78 is 12.2. The number of carbonyl (C=O) groups is 3. The number of aryl methyl sites for hydroxylation is 2. The van der Waals surface area contributed by atoms with Crippen molar-refractivity contribution >= 4 is 35.0 Å². The van der Waals surface area contributed by atoms with Crippen LogP contribution < -0.4 is 0 Å². The Hall–Kier alpha value is -3.52. The van der Waals surface area contributed by atoms with Gasteiger partial charge >= 0.3 is 5.97 Å². The largest absolute Gasteiger partial charge is 0.463 e. The number of methoxy groups -OCH3 is 1. The number of hydrogen-bond acceptors (Lipinski definition) is 6. The Morgan fingerprint density at radius 1 is 1.11 bits per heavy atom. The van der Waals surface area contributed by atoms with Crippen LogP contribution in [0, 0.1) is 13.8 Å². The topological polar surface area (TPSA) is 81.8 Å². The van der Waals surface area contributed by atoms with Crippen molar-refractivity contribution in [1.82, 2.24) is 9.47 Å². The van der Waals surface area contributed by atoms with Gasteiger partial charge in [0.25, 0.3) is 11.1 Å². The van der Waals surface area contributed by atoms with Gasteiger partial charge in [-0.05, 0) is 86.0 Å². The molecule has 1 fully saturated rings. The summed E-state index contributed by atoms with van der Waals surface area (Å²) in [6, 6.07) is 13.6. The van der Waals surface area contributed by atoms with Crippen LogP contribution in [0.1, 0.15) is 58.6 Å². The number of unbranched alkanes of at least 4 members (excludes halogenated alkanes) is 1. The first-order chi connectivity index (χ1) is 16.8. The first-order valence-electron chi connectivity index (χ1n) is 11.5. The van der Waals surface area contributed by atoms with Crippen molar-refractivity contribution in [2.75, 3.05) is 7.11 Å². The molecule has 0 radical (unpaired) electrons. The molecule has 3 heterocycles. The van der Waals surface area contributed by atoms with E-state index in [2.05, 4.69) is 40.5 Å². The number of aromatic nitrogens is 1. The average Bonchev–Trinajstić information content (AvgIpc) is 3.51. The van der Waals surface area contributed by atoms with Gasteiger partial charge in [0.1, 0.15) is 5.76 Å². The minimum Gasteiger partial charge on any atom is -0.463 e. The van der Waals surface area contributed by atoms with E-state index in [-0.39, 0.29) is 23.5 Å². The number of amides is 2. The van der Waals surface area contributed by atoms with E-state index in [4.69, 9.17) is 4.42 Å². The lowest BCUT2D eigenvalue weighted by Crippen LogP contribution is -2.27. The summed E-state index contributed by atoms with van der Waals surface area (Å²) in [4.78, 5) is 38.6. The predicted octanol–water partition coefficient (Wildman–Crippen LogP) is 6.05. The van der Waals surface area contributed by atoms with Crippen LogP contribution in [0.25, 0.3) is 11.8 Å². The lowest BCUT2D eigenvalue weighted by Gasteiger charge is -2.11. The fourth-order valence-corrected chi connectivity index (χ4v) is 4.96. The van der Waals surface area contributed by atoms with E-state index < -0.39 is 5.97 Å². The van der Waals surface area contributed by atoms with E-state index >= 15 is 0 Å². The number of rotatable bonds is 8. The van der Waals surface area contributed by atoms with Crippen LogP contribution in [-0.4, -0.2) is 33.7 Å². The second kappa shape index (κ2) is 10.4. The zero-order valence-electron chi connectivity index (χ0n) is 20.3. The Morgan fingerprint density at radius 2 is 1.86 bits per heavy atom. The number of imide groups is 1. The number of ether oxygens (including phenoxy) is 1. The first-order valence-corrected chi connectivity index (χ1v) is 12.3. The third-order valence-electron chi connectivity index (χ3n) is 6.01. The van der Waals surface area contributed by atoms with Crippen molar-refractivity contribution in [3.8, 4) is 5.69 Å². The number of hydrogen-bond donors (Lipinski definition) is 0. The van der Waals surface area contributed by atoms with Gasteiger partial charge in [0, 0.05) is 17.1 Å². The fraction of sp³-hybridized carbons (Fsp3) is 0.296. The van der Waals surface area contributed by atoms with Gasteiger partial charge in [-0.25, -0.2) is 4.79 Å². The van der Waals surface area contributed by atoms with E-state index in [9.17, 15) is 14.4 Å². The molecule has 1 aliphatic rings. The molecule has 0 saturated carbocycles. The maximum atomic E-state index is 13.0. The quantitative estimate of drug-likeness (QED) is 0.281. The molecule has 0 N–H and O–H groups in total. The SMILES string of the molecule is CCCCc1ccc(-n2c(C)cc(C=C3SC(=O)N(Cc4ccc(C(=O)OC)o4)C3=O)c2C)cc1. The number of benzene rings is 1. The Bertz CT molecular complexity index is 1300. The van der Waals surface area contributed by atoms with Gasteiger partial charge in [-0.3, -0.25) is 14.5 Å². The molecule has 0 unspecified atom stereocenters. The molecule has 3 aromatic rings. The molecule has 1 saturated heterocycles. The van der Waals surface area contributed by atoms with Crippen LogP contribution in [-0.2, 0) is 22.5 Å². The number of furan rings is 1.